The van der Waals surface area contributed by atoms with Gasteiger partial charge in [-0.1, -0.05) is 11.6 Å². The number of hydrogen-bond donors (Lipinski definition) is 3. The number of methoxy groups -OCH3 is 1. The quantitative estimate of drug-likeness (QED) is 0.288. The van der Waals surface area contributed by atoms with Crippen LogP contribution in [-0.2, 0) is 22.5 Å². The highest BCUT2D eigenvalue weighted by Gasteiger charge is 2.57. The Balaban J connectivity index is 1.62. The molecule has 1 saturated carbocycles. The summed E-state index contributed by atoms with van der Waals surface area (Å²) in [6, 6.07) is 5.23. The third kappa shape index (κ3) is 6.08. The van der Waals surface area contributed by atoms with E-state index in [1.165, 1.54) is 25.3 Å². The molecule has 0 bridgehead atoms. The van der Waals surface area contributed by atoms with E-state index in [0.29, 0.717) is 5.75 Å². The van der Waals surface area contributed by atoms with Gasteiger partial charge in [0.2, 0.25) is 5.60 Å². The molecule has 2 aliphatic rings. The van der Waals surface area contributed by atoms with Gasteiger partial charge in [0.25, 0.3) is 5.91 Å². The minimum atomic E-state index is -5.26. The number of pyridine rings is 1. The topological polar surface area (TPSA) is 125 Å². The van der Waals surface area contributed by atoms with Crippen LogP contribution in [0.5, 0.6) is 17.2 Å². The summed E-state index contributed by atoms with van der Waals surface area (Å²) in [5.41, 5.74) is -5.53. The molecule has 3 N–H and O–H groups in total. The number of nitrogens with one attached hydrogen (secondary N) is 2. The summed E-state index contributed by atoms with van der Waals surface area (Å²) in [4.78, 5) is 16.6. The summed E-state index contributed by atoms with van der Waals surface area (Å²) in [6.07, 6.45) is -3.39. The Morgan fingerprint density at radius 3 is 2.52 bits per heavy atom. The molecular weight excluding hydrogens is 575 g/mol. The van der Waals surface area contributed by atoms with Crippen molar-refractivity contribution < 1.29 is 41.8 Å². The van der Waals surface area contributed by atoms with Gasteiger partial charge in [-0.3, -0.25) is 4.79 Å². The van der Waals surface area contributed by atoms with Gasteiger partial charge in [-0.05, 0) is 64.8 Å². The van der Waals surface area contributed by atoms with Crippen molar-refractivity contribution in [2.45, 2.75) is 68.7 Å². The fraction of sp³-hybridized carbons (Fsp3) is 0.538. The predicted octanol–water partition coefficient (Wildman–Crippen LogP) is 4.12. The molecule has 4 rings (SSSR count). The number of aromatic nitrogens is 1. The molecule has 3 atom stereocenters. The van der Waals surface area contributed by atoms with Crippen molar-refractivity contribution in [2.75, 3.05) is 20.3 Å². The number of amides is 1. The lowest BCUT2D eigenvalue weighted by Crippen LogP contribution is -2.52. The van der Waals surface area contributed by atoms with Crippen LogP contribution in [0.1, 0.15) is 62.2 Å². The zero-order valence-electron chi connectivity index (χ0n) is 22.6. The van der Waals surface area contributed by atoms with Crippen LogP contribution in [0.3, 0.4) is 0 Å². The number of alkyl halides is 3. The second kappa shape index (κ2) is 10.8. The molecule has 1 aromatic heterocycles. The number of ether oxygens (including phenoxy) is 3. The molecule has 0 spiro atoms. The van der Waals surface area contributed by atoms with E-state index in [1.807, 2.05) is 0 Å². The van der Waals surface area contributed by atoms with Crippen molar-refractivity contribution in [1.29, 1.82) is 0 Å². The largest absolute Gasteiger partial charge is 0.598 e. The summed E-state index contributed by atoms with van der Waals surface area (Å²) in [6.45, 7) is 5.44. The first-order valence-corrected chi connectivity index (χ1v) is 14.0. The molecule has 1 aliphatic heterocycles. The Morgan fingerprint density at radius 2 is 1.95 bits per heavy atom. The number of aliphatic hydroxyl groups is 1. The van der Waals surface area contributed by atoms with Gasteiger partial charge in [-0.15, -0.1) is 4.72 Å². The van der Waals surface area contributed by atoms with E-state index in [0.717, 1.165) is 18.9 Å². The van der Waals surface area contributed by atoms with E-state index in [9.17, 15) is 27.6 Å². The zero-order valence-corrected chi connectivity index (χ0v) is 24.1. The highest BCUT2D eigenvalue weighted by molar-refractivity contribution is 7.90. The monoisotopic (exact) mass is 605 g/mol. The van der Waals surface area contributed by atoms with Crippen LogP contribution in [-0.4, -0.2) is 57.8 Å². The molecule has 1 aliphatic carbocycles. The second-order valence-corrected chi connectivity index (χ2v) is 13.3. The molecule has 220 valence electrons. The maximum Gasteiger partial charge on any atom is 0.424 e. The molecule has 9 nitrogen and oxygen atoms in total. The van der Waals surface area contributed by atoms with Crippen LogP contribution >= 0.6 is 11.6 Å². The van der Waals surface area contributed by atoms with Gasteiger partial charge in [-0.25, -0.2) is 4.98 Å². The maximum absolute atomic E-state index is 14.4. The van der Waals surface area contributed by atoms with Gasteiger partial charge >= 0.3 is 6.18 Å². The Morgan fingerprint density at radius 1 is 1.27 bits per heavy atom. The average Bonchev–Trinajstić information content (AvgIpc) is 3.62. The standard InChI is InChI=1S/C26H31ClF3N3O6S/c1-23(2,3)40(36)33-24(4)13-38-20-16(24)11-19(32-21(20)27)25(35,26(28,29)30)12-31-22(34)14-6-9-17(18(10-14)37-5)39-15-7-8-15/h6,9-11,15,33,35H,7-8,12-13H2,1-5H3,(H,31,34). The van der Waals surface area contributed by atoms with Crippen LogP contribution in [0.25, 0.3) is 0 Å². The lowest BCUT2D eigenvalue weighted by atomic mass is 9.91. The van der Waals surface area contributed by atoms with Gasteiger partial charge in [0.05, 0.1) is 25.5 Å². The first kappa shape index (κ1) is 30.5. The van der Waals surface area contributed by atoms with Crippen molar-refractivity contribution in [2.24, 2.45) is 0 Å². The van der Waals surface area contributed by atoms with Gasteiger partial charge in [-0.2, -0.15) is 13.2 Å². The first-order chi connectivity index (χ1) is 18.5. The van der Waals surface area contributed by atoms with Crippen LogP contribution in [0.4, 0.5) is 13.2 Å². The average molecular weight is 606 g/mol. The molecule has 14 heteroatoms. The molecule has 1 aromatic carbocycles. The Labute approximate surface area is 238 Å². The van der Waals surface area contributed by atoms with Gasteiger partial charge in [0, 0.05) is 22.5 Å². The van der Waals surface area contributed by atoms with E-state index in [-0.39, 0.29) is 35.3 Å². The summed E-state index contributed by atoms with van der Waals surface area (Å²) in [5, 5.41) is 12.7. The molecule has 40 heavy (non-hydrogen) atoms. The van der Waals surface area contributed by atoms with Crippen molar-refractivity contribution in [3.8, 4) is 17.2 Å². The fourth-order valence-electron chi connectivity index (χ4n) is 3.92. The lowest BCUT2D eigenvalue weighted by Gasteiger charge is -2.33. The third-order valence-corrected chi connectivity index (χ3v) is 8.55. The molecule has 3 unspecified atom stereocenters. The third-order valence-electron chi connectivity index (χ3n) is 6.55. The van der Waals surface area contributed by atoms with Crippen LogP contribution in [0.15, 0.2) is 24.3 Å². The molecule has 1 fully saturated rings. The Bertz CT molecular complexity index is 1290. The number of hydrogen-bond acceptors (Lipinski definition) is 8. The lowest BCUT2D eigenvalue weighted by molar-refractivity contribution is -0.265. The molecular formula is C26H31ClF3N3O6S. The highest BCUT2D eigenvalue weighted by atomic mass is 35.5. The first-order valence-electron chi connectivity index (χ1n) is 12.4. The molecule has 2 aromatic rings. The van der Waals surface area contributed by atoms with E-state index in [4.69, 9.17) is 25.8 Å². The molecule has 0 radical (unpaired) electrons. The second-order valence-electron chi connectivity index (χ2n) is 11.0. The van der Waals surface area contributed by atoms with Crippen molar-refractivity contribution in [1.82, 2.24) is 15.0 Å². The number of carbonyl (C=O) groups excluding carboxylic acids is 1. The SMILES string of the molecule is COc1cc(C(=O)NCC(O)(c2cc3c(c(Cl)n2)OCC3(C)N[S+]([O-])C(C)(C)C)C(F)(F)F)ccc1OC1CC1. The van der Waals surface area contributed by atoms with Crippen LogP contribution in [0, 0.1) is 0 Å². The number of carbonyl (C=O) groups is 1. The summed E-state index contributed by atoms with van der Waals surface area (Å²) in [7, 11) is 1.38. The predicted molar refractivity (Wildman–Crippen MR) is 142 cm³/mol. The van der Waals surface area contributed by atoms with Gasteiger partial charge in [0.15, 0.2) is 22.4 Å². The van der Waals surface area contributed by atoms with Crippen LogP contribution < -0.4 is 24.2 Å². The number of fused-ring (bicyclic) bond motifs is 1. The van der Waals surface area contributed by atoms with Gasteiger partial charge in [0.1, 0.15) is 16.9 Å². The van der Waals surface area contributed by atoms with E-state index < -0.39 is 56.7 Å². The number of nitrogens with zero attached hydrogens (tertiary/aromatic N) is 1. The Kier molecular flexibility index (Phi) is 8.20. The summed E-state index contributed by atoms with van der Waals surface area (Å²) in [5.74, 6) is -0.212. The molecule has 1 amide bonds. The van der Waals surface area contributed by atoms with Crippen molar-refractivity contribution in [3.05, 3.63) is 46.2 Å². The minimum absolute atomic E-state index is 0.000647. The highest BCUT2D eigenvalue weighted by Crippen LogP contribution is 2.46. The van der Waals surface area contributed by atoms with E-state index in [2.05, 4.69) is 15.0 Å². The number of rotatable bonds is 9. The fourth-order valence-corrected chi connectivity index (χ4v) is 5.05. The van der Waals surface area contributed by atoms with Crippen molar-refractivity contribution >= 4 is 28.9 Å². The molecule has 0 saturated heterocycles. The zero-order chi connectivity index (χ0) is 29.7. The summed E-state index contributed by atoms with van der Waals surface area (Å²) >= 11 is 4.59. The van der Waals surface area contributed by atoms with E-state index >= 15 is 0 Å². The van der Waals surface area contributed by atoms with Gasteiger partial charge < -0.3 is 29.2 Å². The number of halogens is 4. The smallest absolute Gasteiger partial charge is 0.424 e. The van der Waals surface area contributed by atoms with E-state index in [1.54, 1.807) is 27.7 Å². The number of benzene rings is 1. The Hall–Kier alpha value is -2.45. The van der Waals surface area contributed by atoms with Crippen molar-refractivity contribution in [3.63, 3.8) is 0 Å². The van der Waals surface area contributed by atoms with Crippen LogP contribution in [0.2, 0.25) is 5.15 Å². The normalized spacial score (nSPS) is 21.2. The molecule has 2 heterocycles. The maximum atomic E-state index is 14.4. The summed E-state index contributed by atoms with van der Waals surface area (Å²) < 4.78 is 74.7. The minimum Gasteiger partial charge on any atom is -0.598 e.